The Morgan fingerprint density at radius 3 is 2.10 bits per heavy atom. The number of methoxy groups -OCH3 is 1. The summed E-state index contributed by atoms with van der Waals surface area (Å²) in [6.45, 7) is 12.2. The molecule has 0 spiro atoms. The highest BCUT2D eigenvalue weighted by Crippen LogP contribution is 2.19. The molecule has 0 bridgehead atoms. The smallest absolute Gasteiger partial charge is 0.214 e. The van der Waals surface area contributed by atoms with E-state index in [9.17, 15) is 4.79 Å². The van der Waals surface area contributed by atoms with E-state index in [4.69, 9.17) is 4.74 Å². The number of ether oxygens (including phenoxy) is 1. The quantitative estimate of drug-likeness (QED) is 0.889. The number of primary amides is 1. The number of carbonyl (C=O) groups excluding carboxylic acids is 1. The van der Waals surface area contributed by atoms with Crippen LogP contribution in [0.3, 0.4) is 0 Å². The van der Waals surface area contributed by atoms with Gasteiger partial charge in [-0.3, -0.25) is 4.79 Å². The second-order valence-corrected chi connectivity index (χ2v) is 5.46. The zero-order chi connectivity index (χ0) is 16.8. The summed E-state index contributed by atoms with van der Waals surface area (Å²) >= 11 is 0. The molecule has 122 valence electrons. The number of amides is 1. The van der Waals surface area contributed by atoms with Crippen LogP contribution in [-0.4, -0.2) is 13.0 Å². The van der Waals surface area contributed by atoms with Gasteiger partial charge in [-0.25, -0.2) is 0 Å². The number of carbonyl (C=O) groups is 1. The third-order valence-corrected chi connectivity index (χ3v) is 2.69. The van der Waals surface area contributed by atoms with Crippen LogP contribution in [0.2, 0.25) is 0 Å². The van der Waals surface area contributed by atoms with Crippen molar-refractivity contribution in [2.75, 3.05) is 7.11 Å². The van der Waals surface area contributed by atoms with Crippen LogP contribution in [0.25, 0.3) is 0 Å². The largest absolute Gasteiger partial charge is 0.496 e. The van der Waals surface area contributed by atoms with Crippen molar-refractivity contribution in [3.8, 4) is 5.75 Å². The molecule has 1 aromatic rings. The molecule has 0 saturated heterocycles. The average Bonchev–Trinajstić information content (AvgIpc) is 2.38. The Kier molecular flexibility index (Phi) is 14.0. The molecular formula is C18H33NO2. The lowest BCUT2D eigenvalue weighted by molar-refractivity contribution is -0.115. The Morgan fingerprint density at radius 1 is 1.29 bits per heavy atom. The molecule has 21 heavy (non-hydrogen) atoms. The topological polar surface area (TPSA) is 52.3 Å². The Morgan fingerprint density at radius 2 is 1.81 bits per heavy atom. The molecule has 0 heterocycles. The molecule has 2 N–H and O–H groups in total. The fourth-order valence-electron chi connectivity index (χ4n) is 1.72. The summed E-state index contributed by atoms with van der Waals surface area (Å²) in [7, 11) is 1.72. The first-order valence-corrected chi connectivity index (χ1v) is 7.67. The monoisotopic (exact) mass is 295 g/mol. The Labute approximate surface area is 130 Å². The van der Waals surface area contributed by atoms with Gasteiger partial charge in [-0.1, -0.05) is 52.7 Å². The Hall–Kier alpha value is -1.51. The van der Waals surface area contributed by atoms with E-state index < -0.39 is 0 Å². The van der Waals surface area contributed by atoms with Gasteiger partial charge in [0.15, 0.2) is 0 Å². The molecule has 3 heteroatoms. The van der Waals surface area contributed by atoms with Gasteiger partial charge in [0.25, 0.3) is 0 Å². The number of nitrogens with two attached hydrogens (primary N) is 1. The van der Waals surface area contributed by atoms with Gasteiger partial charge in [0.2, 0.25) is 5.91 Å². The van der Waals surface area contributed by atoms with Crippen LogP contribution in [0.1, 0.15) is 58.6 Å². The van der Waals surface area contributed by atoms with Crippen molar-refractivity contribution in [3.05, 3.63) is 29.3 Å². The lowest BCUT2D eigenvalue weighted by Gasteiger charge is -2.06. The summed E-state index contributed by atoms with van der Waals surface area (Å²) in [5.41, 5.74) is 7.00. The number of hydrogen-bond donors (Lipinski definition) is 1. The van der Waals surface area contributed by atoms with E-state index >= 15 is 0 Å². The maximum Gasteiger partial charge on any atom is 0.214 e. The summed E-state index contributed by atoms with van der Waals surface area (Å²) in [6.07, 6.45) is 3.74. The molecule has 0 unspecified atom stereocenters. The van der Waals surface area contributed by atoms with Crippen molar-refractivity contribution in [1.82, 2.24) is 0 Å². The van der Waals surface area contributed by atoms with Gasteiger partial charge < -0.3 is 10.5 Å². The number of hydrogen-bond acceptors (Lipinski definition) is 2. The molecule has 0 aliphatic rings. The third kappa shape index (κ3) is 14.7. The van der Waals surface area contributed by atoms with Crippen molar-refractivity contribution in [1.29, 1.82) is 0 Å². The van der Waals surface area contributed by atoms with Gasteiger partial charge in [-0.05, 0) is 36.5 Å². The molecule has 0 radical (unpaired) electrons. The molecule has 3 nitrogen and oxygen atoms in total. The van der Waals surface area contributed by atoms with E-state index in [-0.39, 0.29) is 5.91 Å². The van der Waals surface area contributed by atoms with Crippen molar-refractivity contribution < 1.29 is 9.53 Å². The average molecular weight is 295 g/mol. The molecule has 0 aliphatic heterocycles. The van der Waals surface area contributed by atoms with E-state index in [0.29, 0.717) is 0 Å². The molecule has 1 aromatic carbocycles. The van der Waals surface area contributed by atoms with Gasteiger partial charge in [0.1, 0.15) is 5.75 Å². The molecular weight excluding hydrogens is 262 g/mol. The summed E-state index contributed by atoms with van der Waals surface area (Å²) in [4.78, 5) is 9.22. The zero-order valence-electron chi connectivity index (χ0n) is 14.8. The standard InChI is InChI=1S/C10H14O.C6H14.C2H5NO/c1-4-9-6-5-8(2)7-10(9)11-3;1-4-5-6(2)3;1-2(3)4/h5-7H,4H2,1-3H3;6H,4-5H2,1-3H3;1H3,(H2,3,4). The fraction of sp³-hybridized carbons (Fsp3) is 0.611. The number of benzene rings is 1. The van der Waals surface area contributed by atoms with Crippen LogP contribution in [-0.2, 0) is 11.2 Å². The molecule has 0 fully saturated rings. The molecule has 0 aliphatic carbocycles. The molecule has 0 saturated carbocycles. The van der Waals surface area contributed by atoms with Crippen LogP contribution in [0.4, 0.5) is 0 Å². The van der Waals surface area contributed by atoms with E-state index in [1.807, 2.05) is 0 Å². The van der Waals surface area contributed by atoms with Crippen molar-refractivity contribution >= 4 is 5.91 Å². The second kappa shape index (κ2) is 13.5. The molecule has 0 atom stereocenters. The summed E-state index contributed by atoms with van der Waals surface area (Å²) < 4.78 is 5.22. The zero-order valence-corrected chi connectivity index (χ0v) is 14.8. The highest BCUT2D eigenvalue weighted by Gasteiger charge is 1.98. The maximum atomic E-state index is 9.22. The second-order valence-electron chi connectivity index (χ2n) is 5.46. The first kappa shape index (κ1) is 21.8. The molecule has 0 aromatic heterocycles. The van der Waals surface area contributed by atoms with Gasteiger partial charge in [0.05, 0.1) is 7.11 Å². The van der Waals surface area contributed by atoms with E-state index in [1.165, 1.54) is 30.9 Å². The van der Waals surface area contributed by atoms with Crippen molar-refractivity contribution in [2.45, 2.75) is 60.8 Å². The first-order valence-electron chi connectivity index (χ1n) is 7.67. The van der Waals surface area contributed by atoms with Crippen LogP contribution in [0.15, 0.2) is 18.2 Å². The minimum absolute atomic E-state index is 0.333. The van der Waals surface area contributed by atoms with Crippen LogP contribution in [0, 0.1) is 12.8 Å². The maximum absolute atomic E-state index is 9.22. The number of aryl methyl sites for hydroxylation is 2. The van der Waals surface area contributed by atoms with Crippen LogP contribution in [0.5, 0.6) is 5.75 Å². The minimum Gasteiger partial charge on any atom is -0.496 e. The van der Waals surface area contributed by atoms with E-state index in [2.05, 4.69) is 58.6 Å². The van der Waals surface area contributed by atoms with Gasteiger partial charge >= 0.3 is 0 Å². The van der Waals surface area contributed by atoms with Gasteiger partial charge in [-0.15, -0.1) is 0 Å². The third-order valence-electron chi connectivity index (χ3n) is 2.69. The fourth-order valence-corrected chi connectivity index (χ4v) is 1.72. The van der Waals surface area contributed by atoms with Crippen molar-refractivity contribution in [3.63, 3.8) is 0 Å². The Balaban J connectivity index is 0. The first-order chi connectivity index (χ1) is 9.78. The summed E-state index contributed by atoms with van der Waals surface area (Å²) in [6, 6.07) is 6.30. The molecule has 1 amide bonds. The van der Waals surface area contributed by atoms with E-state index in [1.54, 1.807) is 7.11 Å². The number of rotatable bonds is 4. The van der Waals surface area contributed by atoms with E-state index in [0.717, 1.165) is 18.1 Å². The lowest BCUT2D eigenvalue weighted by Crippen LogP contribution is -2.01. The normalized spacial score (nSPS) is 9.14. The Bertz CT molecular complexity index is 383. The SMILES string of the molecule is CC(N)=O.CCCC(C)C.CCc1ccc(C)cc1OC. The van der Waals surface area contributed by atoms with Gasteiger partial charge in [0, 0.05) is 6.92 Å². The predicted octanol–water partition coefficient (Wildman–Crippen LogP) is 4.50. The minimum atomic E-state index is -0.333. The van der Waals surface area contributed by atoms with Gasteiger partial charge in [-0.2, -0.15) is 0 Å². The highest BCUT2D eigenvalue weighted by atomic mass is 16.5. The highest BCUT2D eigenvalue weighted by molar-refractivity contribution is 5.70. The lowest BCUT2D eigenvalue weighted by atomic mass is 10.1. The van der Waals surface area contributed by atoms with Crippen LogP contribution >= 0.6 is 0 Å². The molecule has 1 rings (SSSR count). The van der Waals surface area contributed by atoms with Crippen LogP contribution < -0.4 is 10.5 Å². The summed E-state index contributed by atoms with van der Waals surface area (Å²) in [5, 5.41) is 0. The van der Waals surface area contributed by atoms with Crippen molar-refractivity contribution in [2.24, 2.45) is 11.7 Å². The summed E-state index contributed by atoms with van der Waals surface area (Å²) in [5.74, 6) is 1.57. The predicted molar refractivity (Wildman–Crippen MR) is 91.7 cm³/mol.